The number of rotatable bonds is 5. The molecule has 0 aliphatic carbocycles. The first-order valence-electron chi connectivity index (χ1n) is 7.32. The lowest BCUT2D eigenvalue weighted by Gasteiger charge is -2.30. The van der Waals surface area contributed by atoms with Crippen molar-refractivity contribution in [3.63, 3.8) is 0 Å². The zero-order valence-corrected chi connectivity index (χ0v) is 13.2. The van der Waals surface area contributed by atoms with Crippen LogP contribution in [0, 0.1) is 17.3 Å². The van der Waals surface area contributed by atoms with Crippen LogP contribution >= 0.6 is 0 Å². The molecule has 20 heavy (non-hydrogen) atoms. The van der Waals surface area contributed by atoms with E-state index in [1.807, 2.05) is 27.7 Å². The van der Waals surface area contributed by atoms with Gasteiger partial charge in [-0.15, -0.1) is 0 Å². The minimum absolute atomic E-state index is 0.00396. The van der Waals surface area contributed by atoms with Crippen molar-refractivity contribution in [3.8, 4) is 0 Å². The number of hydrogen-bond donors (Lipinski definition) is 1. The molecular weight excluding hydrogens is 258 g/mol. The maximum atomic E-state index is 12.4. The Labute approximate surface area is 121 Å². The fourth-order valence-corrected chi connectivity index (χ4v) is 2.45. The molecule has 0 saturated carbocycles. The van der Waals surface area contributed by atoms with Crippen molar-refractivity contribution in [2.24, 2.45) is 17.3 Å². The van der Waals surface area contributed by atoms with Gasteiger partial charge in [0.15, 0.2) is 0 Å². The summed E-state index contributed by atoms with van der Waals surface area (Å²) in [4.78, 5) is 24.4. The summed E-state index contributed by atoms with van der Waals surface area (Å²) in [5, 5.41) is 2.95. The van der Waals surface area contributed by atoms with E-state index in [1.165, 1.54) is 0 Å². The van der Waals surface area contributed by atoms with Crippen LogP contribution in [-0.2, 0) is 19.1 Å². The normalized spacial score (nSPS) is 22.1. The van der Waals surface area contributed by atoms with E-state index in [0.29, 0.717) is 12.5 Å². The number of nitrogens with one attached hydrogen (secondary N) is 1. The average Bonchev–Trinajstić information content (AvgIpc) is 2.80. The molecule has 1 fully saturated rings. The molecule has 1 aliphatic rings. The molecule has 0 radical (unpaired) electrons. The summed E-state index contributed by atoms with van der Waals surface area (Å²) in [6.07, 6.45) is 0.945. The molecule has 1 saturated heterocycles. The van der Waals surface area contributed by atoms with Crippen molar-refractivity contribution in [1.29, 1.82) is 0 Å². The molecular formula is C15H27NO4. The fourth-order valence-electron chi connectivity index (χ4n) is 2.45. The standard InChI is InChI=1S/C15H27NO4/c1-6-20-14(18)12(15(3,4)5)13(17)16-10(2)11-7-8-19-9-11/h10-12H,6-9H2,1-5H3,(H,16,17). The van der Waals surface area contributed by atoms with Gasteiger partial charge in [0.25, 0.3) is 0 Å². The van der Waals surface area contributed by atoms with Crippen LogP contribution < -0.4 is 5.32 Å². The smallest absolute Gasteiger partial charge is 0.319 e. The van der Waals surface area contributed by atoms with E-state index >= 15 is 0 Å². The first-order chi connectivity index (χ1) is 9.27. The Bertz CT molecular complexity index is 342. The second-order valence-corrected chi connectivity index (χ2v) is 6.47. The molecule has 0 aromatic heterocycles. The highest BCUT2D eigenvalue weighted by molar-refractivity contribution is 5.98. The highest BCUT2D eigenvalue weighted by Crippen LogP contribution is 2.28. The Kier molecular flexibility index (Phi) is 5.99. The third kappa shape index (κ3) is 4.47. The van der Waals surface area contributed by atoms with Crippen LogP contribution in [0.25, 0.3) is 0 Å². The van der Waals surface area contributed by atoms with Crippen molar-refractivity contribution in [2.45, 2.75) is 47.1 Å². The van der Waals surface area contributed by atoms with Crippen LogP contribution in [0.15, 0.2) is 0 Å². The van der Waals surface area contributed by atoms with Crippen LogP contribution in [-0.4, -0.2) is 37.7 Å². The Morgan fingerprint density at radius 3 is 2.50 bits per heavy atom. The Morgan fingerprint density at radius 1 is 1.40 bits per heavy atom. The van der Waals surface area contributed by atoms with Gasteiger partial charge in [-0.1, -0.05) is 20.8 Å². The van der Waals surface area contributed by atoms with Gasteiger partial charge < -0.3 is 14.8 Å². The lowest BCUT2D eigenvalue weighted by Crippen LogP contribution is -2.48. The van der Waals surface area contributed by atoms with Crippen molar-refractivity contribution in [2.75, 3.05) is 19.8 Å². The molecule has 3 unspecified atom stereocenters. The predicted molar refractivity (Wildman–Crippen MR) is 76.1 cm³/mol. The van der Waals surface area contributed by atoms with Gasteiger partial charge in [-0.05, 0) is 25.7 Å². The summed E-state index contributed by atoms with van der Waals surface area (Å²) in [7, 11) is 0. The van der Waals surface area contributed by atoms with Crippen LogP contribution in [0.3, 0.4) is 0 Å². The largest absolute Gasteiger partial charge is 0.465 e. The van der Waals surface area contributed by atoms with Crippen molar-refractivity contribution in [3.05, 3.63) is 0 Å². The van der Waals surface area contributed by atoms with Gasteiger partial charge in [0.2, 0.25) is 5.91 Å². The predicted octanol–water partition coefficient (Wildman–Crippen LogP) is 1.75. The van der Waals surface area contributed by atoms with Gasteiger partial charge in [0, 0.05) is 18.6 Å². The van der Waals surface area contributed by atoms with Crippen LogP contribution in [0.2, 0.25) is 0 Å². The monoisotopic (exact) mass is 285 g/mol. The summed E-state index contributed by atoms with van der Waals surface area (Å²) >= 11 is 0. The zero-order valence-electron chi connectivity index (χ0n) is 13.2. The number of ether oxygens (including phenoxy) is 2. The summed E-state index contributed by atoms with van der Waals surface area (Å²) < 4.78 is 10.4. The van der Waals surface area contributed by atoms with Crippen molar-refractivity contribution in [1.82, 2.24) is 5.32 Å². The molecule has 116 valence electrons. The minimum Gasteiger partial charge on any atom is -0.465 e. The Morgan fingerprint density at radius 2 is 2.05 bits per heavy atom. The molecule has 1 N–H and O–H groups in total. The molecule has 0 spiro atoms. The number of carbonyl (C=O) groups is 2. The zero-order chi connectivity index (χ0) is 15.3. The van der Waals surface area contributed by atoms with E-state index in [-0.39, 0.29) is 18.6 Å². The van der Waals surface area contributed by atoms with Crippen LogP contribution in [0.4, 0.5) is 0 Å². The molecule has 0 bridgehead atoms. The maximum absolute atomic E-state index is 12.4. The molecule has 1 aliphatic heterocycles. The van der Waals surface area contributed by atoms with Crippen molar-refractivity contribution >= 4 is 11.9 Å². The van der Waals surface area contributed by atoms with E-state index in [0.717, 1.165) is 13.0 Å². The number of esters is 1. The lowest BCUT2D eigenvalue weighted by atomic mass is 9.80. The molecule has 5 heteroatoms. The topological polar surface area (TPSA) is 64.6 Å². The van der Waals surface area contributed by atoms with Gasteiger partial charge in [-0.25, -0.2) is 0 Å². The van der Waals surface area contributed by atoms with E-state index in [4.69, 9.17) is 9.47 Å². The Balaban J connectivity index is 2.70. The molecule has 5 nitrogen and oxygen atoms in total. The molecule has 1 heterocycles. The third-order valence-corrected chi connectivity index (χ3v) is 3.69. The third-order valence-electron chi connectivity index (χ3n) is 3.69. The molecule has 1 rings (SSSR count). The second kappa shape index (κ2) is 7.07. The van der Waals surface area contributed by atoms with Gasteiger partial charge in [-0.2, -0.15) is 0 Å². The lowest BCUT2D eigenvalue weighted by molar-refractivity contribution is -0.157. The van der Waals surface area contributed by atoms with E-state index in [2.05, 4.69) is 5.32 Å². The summed E-state index contributed by atoms with van der Waals surface area (Å²) in [5.41, 5.74) is -0.470. The minimum atomic E-state index is -0.785. The first kappa shape index (κ1) is 17.0. The highest BCUT2D eigenvalue weighted by Gasteiger charge is 2.40. The average molecular weight is 285 g/mol. The summed E-state index contributed by atoms with van der Waals surface area (Å²) in [6, 6.07) is 0.00396. The number of amides is 1. The quantitative estimate of drug-likeness (QED) is 0.617. The van der Waals surface area contributed by atoms with Crippen LogP contribution in [0.1, 0.15) is 41.0 Å². The van der Waals surface area contributed by atoms with E-state index in [1.54, 1.807) is 6.92 Å². The van der Waals surface area contributed by atoms with Crippen LogP contribution in [0.5, 0.6) is 0 Å². The fraction of sp³-hybridized carbons (Fsp3) is 0.867. The highest BCUT2D eigenvalue weighted by atomic mass is 16.5. The first-order valence-corrected chi connectivity index (χ1v) is 7.32. The van der Waals surface area contributed by atoms with Gasteiger partial charge in [0.05, 0.1) is 13.2 Å². The van der Waals surface area contributed by atoms with Gasteiger partial charge >= 0.3 is 5.97 Å². The molecule has 1 amide bonds. The number of carbonyl (C=O) groups excluding carboxylic acids is 2. The molecule has 0 aromatic carbocycles. The molecule has 3 atom stereocenters. The van der Waals surface area contributed by atoms with Gasteiger partial charge in [0.1, 0.15) is 5.92 Å². The van der Waals surface area contributed by atoms with Gasteiger partial charge in [-0.3, -0.25) is 9.59 Å². The SMILES string of the molecule is CCOC(=O)C(C(=O)NC(C)C1CCOC1)C(C)(C)C. The summed E-state index contributed by atoms with van der Waals surface area (Å²) in [6.45, 7) is 11.0. The summed E-state index contributed by atoms with van der Waals surface area (Å²) in [5.74, 6) is -1.17. The number of hydrogen-bond acceptors (Lipinski definition) is 4. The van der Waals surface area contributed by atoms with E-state index in [9.17, 15) is 9.59 Å². The maximum Gasteiger partial charge on any atom is 0.319 e. The van der Waals surface area contributed by atoms with E-state index < -0.39 is 17.3 Å². The Hall–Kier alpha value is -1.10. The molecule has 0 aromatic rings. The van der Waals surface area contributed by atoms with Crippen molar-refractivity contribution < 1.29 is 19.1 Å². The second-order valence-electron chi connectivity index (χ2n) is 6.47.